The van der Waals surface area contributed by atoms with Crippen molar-refractivity contribution in [3.8, 4) is 0 Å². The molecule has 9 heteroatoms. The lowest BCUT2D eigenvalue weighted by Gasteiger charge is -2.32. The average molecular weight is 385 g/mol. The SMILES string of the molecule is C=C1N=C(N)C(OC)=CN1C1O[C@H](CCP(=C)(C)C)[C@@H](O)[C@H]1OC(C)=O. The first kappa shape index (κ1) is 20.6. The summed E-state index contributed by atoms with van der Waals surface area (Å²) in [6.07, 6.45) is 4.11. The Morgan fingerprint density at radius 3 is 2.73 bits per heavy atom. The molecule has 0 radical (unpaired) electrons. The Morgan fingerprint density at radius 1 is 1.54 bits per heavy atom. The number of nitrogens with zero attached hydrogens (tertiary/aromatic N) is 2. The standard InChI is InChI=1S/C17H28N3O5P/c1-10-19-16(18)13(23-3)9-20(10)17-15(24-11(2)21)14(22)12(25-17)7-8-26(4,5)6/h9,12,14-15,17,22H,1,4,7-8H2,2-3,5-6H3,(H2,18,19)/t12-,14-,15-,17?/m1/s1. The van der Waals surface area contributed by atoms with Crippen LogP contribution in [-0.4, -0.2) is 79.3 Å². The molecule has 1 unspecified atom stereocenters. The molecule has 2 aliphatic rings. The lowest BCUT2D eigenvalue weighted by molar-refractivity contribution is -0.157. The summed E-state index contributed by atoms with van der Waals surface area (Å²) in [4.78, 5) is 17.2. The van der Waals surface area contributed by atoms with Crippen LogP contribution in [0, 0.1) is 0 Å². The van der Waals surface area contributed by atoms with E-state index in [0.29, 0.717) is 18.0 Å². The van der Waals surface area contributed by atoms with Gasteiger partial charge in [-0.15, -0.1) is 13.2 Å². The monoisotopic (exact) mass is 385 g/mol. The van der Waals surface area contributed by atoms with E-state index in [9.17, 15) is 9.90 Å². The van der Waals surface area contributed by atoms with Gasteiger partial charge in [0.1, 0.15) is 11.9 Å². The minimum atomic E-state index is -1.28. The van der Waals surface area contributed by atoms with Gasteiger partial charge >= 0.3 is 5.97 Å². The number of amidine groups is 1. The third-order valence-corrected chi connectivity index (χ3v) is 5.65. The number of nitrogens with two attached hydrogens (primary N) is 1. The number of aliphatic hydroxyl groups is 1. The van der Waals surface area contributed by atoms with Gasteiger partial charge in [0, 0.05) is 6.92 Å². The number of aliphatic imine (C=N–C) groups is 1. The van der Waals surface area contributed by atoms with Crippen LogP contribution in [0.1, 0.15) is 13.3 Å². The fourth-order valence-corrected chi connectivity index (χ4v) is 3.83. The zero-order valence-electron chi connectivity index (χ0n) is 15.7. The number of carbonyl (C=O) groups excluding carboxylic acids is 1. The fourth-order valence-electron chi connectivity index (χ4n) is 2.87. The van der Waals surface area contributed by atoms with E-state index in [0.717, 1.165) is 6.16 Å². The van der Waals surface area contributed by atoms with Crippen LogP contribution in [0.25, 0.3) is 0 Å². The molecule has 0 amide bonds. The second-order valence-corrected chi connectivity index (χ2v) is 11.4. The first-order chi connectivity index (χ1) is 12.0. The molecule has 0 aromatic heterocycles. The van der Waals surface area contributed by atoms with Crippen molar-refractivity contribution in [3.05, 3.63) is 24.4 Å². The second kappa shape index (κ2) is 7.86. The molecular formula is C17H28N3O5P. The van der Waals surface area contributed by atoms with Crippen molar-refractivity contribution in [1.82, 2.24) is 4.90 Å². The smallest absolute Gasteiger partial charge is 0.303 e. The van der Waals surface area contributed by atoms with Crippen molar-refractivity contribution in [2.75, 3.05) is 26.6 Å². The predicted molar refractivity (Wildman–Crippen MR) is 103 cm³/mol. The third kappa shape index (κ3) is 4.69. The molecule has 26 heavy (non-hydrogen) atoms. The van der Waals surface area contributed by atoms with E-state index in [4.69, 9.17) is 19.9 Å². The number of esters is 1. The Morgan fingerprint density at radius 2 is 2.19 bits per heavy atom. The van der Waals surface area contributed by atoms with Gasteiger partial charge in [-0.2, -0.15) is 0 Å². The molecule has 3 N–H and O–H groups in total. The van der Waals surface area contributed by atoms with Crippen LogP contribution in [0.4, 0.5) is 0 Å². The normalized spacial score (nSPS) is 29.3. The lowest BCUT2D eigenvalue weighted by atomic mass is 10.1. The molecule has 0 saturated carbocycles. The maximum absolute atomic E-state index is 11.5. The van der Waals surface area contributed by atoms with E-state index in [1.54, 1.807) is 11.1 Å². The molecule has 0 aromatic rings. The molecule has 0 spiro atoms. The molecule has 8 nitrogen and oxygen atoms in total. The Bertz CT molecular complexity index is 684. The average Bonchev–Trinajstić information content (AvgIpc) is 2.81. The summed E-state index contributed by atoms with van der Waals surface area (Å²) >= 11 is 0. The van der Waals surface area contributed by atoms with E-state index in [1.807, 2.05) is 0 Å². The molecule has 1 saturated heterocycles. The summed E-state index contributed by atoms with van der Waals surface area (Å²) in [5.41, 5.74) is 5.80. The second-order valence-electron chi connectivity index (χ2n) is 7.10. The van der Waals surface area contributed by atoms with E-state index >= 15 is 0 Å². The molecule has 0 aromatic carbocycles. The van der Waals surface area contributed by atoms with Crippen LogP contribution in [0.2, 0.25) is 0 Å². The van der Waals surface area contributed by atoms with Gasteiger partial charge in [0.15, 0.2) is 23.9 Å². The number of methoxy groups -OCH3 is 1. The van der Waals surface area contributed by atoms with Gasteiger partial charge in [-0.3, -0.25) is 9.69 Å². The number of ether oxygens (including phenoxy) is 3. The summed E-state index contributed by atoms with van der Waals surface area (Å²) in [6, 6.07) is 0. The number of hydrogen-bond acceptors (Lipinski definition) is 8. The molecule has 4 atom stereocenters. The predicted octanol–water partition coefficient (Wildman–Crippen LogP) is 0.735. The third-order valence-electron chi connectivity index (χ3n) is 4.18. The molecule has 1 fully saturated rings. The summed E-state index contributed by atoms with van der Waals surface area (Å²) in [5.74, 6) is 0.333. The Hall–Kier alpha value is -1.76. The minimum Gasteiger partial charge on any atom is -0.491 e. The van der Waals surface area contributed by atoms with Crippen molar-refractivity contribution >= 4 is 25.0 Å². The van der Waals surface area contributed by atoms with Crippen LogP contribution in [0.5, 0.6) is 0 Å². The van der Waals surface area contributed by atoms with Crippen LogP contribution in [-0.2, 0) is 19.0 Å². The van der Waals surface area contributed by atoms with Crippen molar-refractivity contribution in [2.24, 2.45) is 10.7 Å². The highest BCUT2D eigenvalue weighted by Crippen LogP contribution is 2.39. The Balaban J connectivity index is 2.26. The van der Waals surface area contributed by atoms with Gasteiger partial charge in [-0.25, -0.2) is 4.99 Å². The summed E-state index contributed by atoms with van der Waals surface area (Å²) in [5, 5.41) is 10.7. The quantitative estimate of drug-likeness (QED) is 0.513. The van der Waals surface area contributed by atoms with E-state index in [1.165, 1.54) is 14.0 Å². The van der Waals surface area contributed by atoms with Gasteiger partial charge in [-0.1, -0.05) is 6.58 Å². The topological polar surface area (TPSA) is 107 Å². The first-order valence-corrected chi connectivity index (χ1v) is 11.3. The summed E-state index contributed by atoms with van der Waals surface area (Å²) < 4.78 is 16.6. The molecule has 146 valence electrons. The Labute approximate surface area is 154 Å². The van der Waals surface area contributed by atoms with Crippen LogP contribution >= 0.6 is 6.89 Å². The van der Waals surface area contributed by atoms with Crippen LogP contribution in [0.15, 0.2) is 29.4 Å². The lowest BCUT2D eigenvalue weighted by Crippen LogP contribution is -2.45. The Kier molecular flexibility index (Phi) is 6.21. The minimum absolute atomic E-state index is 0.191. The fraction of sp³-hybridized carbons (Fsp3) is 0.588. The van der Waals surface area contributed by atoms with Crippen molar-refractivity contribution in [2.45, 2.75) is 37.9 Å². The van der Waals surface area contributed by atoms with Gasteiger partial charge < -0.3 is 25.1 Å². The van der Waals surface area contributed by atoms with Crippen LogP contribution < -0.4 is 5.73 Å². The highest BCUT2D eigenvalue weighted by atomic mass is 31.2. The molecule has 0 bridgehead atoms. The maximum Gasteiger partial charge on any atom is 0.303 e. The van der Waals surface area contributed by atoms with E-state index in [2.05, 4.69) is 31.2 Å². The highest BCUT2D eigenvalue weighted by molar-refractivity contribution is 7.72. The van der Waals surface area contributed by atoms with Crippen molar-refractivity contribution in [1.29, 1.82) is 0 Å². The molecule has 2 rings (SSSR count). The highest BCUT2D eigenvalue weighted by Gasteiger charge is 2.49. The van der Waals surface area contributed by atoms with Gasteiger partial charge in [0.25, 0.3) is 0 Å². The van der Waals surface area contributed by atoms with Crippen LogP contribution in [0.3, 0.4) is 0 Å². The summed E-state index contributed by atoms with van der Waals surface area (Å²) in [7, 11) is 1.47. The van der Waals surface area contributed by atoms with Gasteiger partial charge in [0.05, 0.1) is 19.4 Å². The van der Waals surface area contributed by atoms with Crippen molar-refractivity contribution < 1.29 is 24.1 Å². The number of hydrogen-bond donors (Lipinski definition) is 2. The van der Waals surface area contributed by atoms with E-state index in [-0.39, 0.29) is 5.84 Å². The van der Waals surface area contributed by atoms with Gasteiger partial charge in [0.2, 0.25) is 0 Å². The van der Waals surface area contributed by atoms with E-state index < -0.39 is 37.4 Å². The number of aliphatic hydroxyl groups excluding tert-OH is 1. The number of rotatable bonds is 6. The maximum atomic E-state index is 11.5. The molecule has 2 aliphatic heterocycles. The van der Waals surface area contributed by atoms with Crippen molar-refractivity contribution in [3.63, 3.8) is 0 Å². The molecule has 0 aliphatic carbocycles. The number of carbonyl (C=O) groups is 1. The molecular weight excluding hydrogens is 357 g/mol. The first-order valence-electron chi connectivity index (χ1n) is 8.29. The zero-order chi connectivity index (χ0) is 19.6. The van der Waals surface area contributed by atoms with Gasteiger partial charge in [-0.05, 0) is 25.9 Å². The summed E-state index contributed by atoms with van der Waals surface area (Å²) in [6.45, 7) is 8.11. The zero-order valence-corrected chi connectivity index (χ0v) is 16.6. The largest absolute Gasteiger partial charge is 0.491 e. The molecule has 2 heterocycles.